The number of nitrogens with zero attached hydrogens (tertiary/aromatic N) is 4. The number of rotatable bonds is 8. The normalized spacial score (nSPS) is 11.4. The molecule has 0 unspecified atom stereocenters. The second kappa shape index (κ2) is 18.2. The summed E-state index contributed by atoms with van der Waals surface area (Å²) in [7, 11) is -9.22. The van der Waals surface area contributed by atoms with Crippen molar-refractivity contribution in [3.8, 4) is 11.5 Å². The van der Waals surface area contributed by atoms with Gasteiger partial charge in [0.25, 0.3) is 20.2 Å². The van der Waals surface area contributed by atoms with Crippen LogP contribution < -0.4 is 69.3 Å². The van der Waals surface area contributed by atoms with Crippen LogP contribution in [0.3, 0.4) is 0 Å². The Balaban J connectivity index is 0.000000280. The van der Waals surface area contributed by atoms with Gasteiger partial charge in [0.1, 0.15) is 21.2 Å². The average Bonchev–Trinajstić information content (AvgIpc) is 3.10. The Hall–Kier alpha value is -4.60. The summed E-state index contributed by atoms with van der Waals surface area (Å²) in [5.41, 5.74) is -0.922. The Morgan fingerprint density at radius 1 is 0.463 bits per heavy atom. The summed E-state index contributed by atoms with van der Waals surface area (Å²) in [5, 5.41) is 58.4. The Labute approximate surface area is 350 Å². The Morgan fingerprint density at radius 3 is 1.06 bits per heavy atom. The van der Waals surface area contributed by atoms with Gasteiger partial charge in [0, 0.05) is 10.8 Å². The Kier molecular flexibility index (Phi) is 14.7. The quantitative estimate of drug-likeness (QED) is 0.0935. The minimum Gasteiger partial charge on any atom is -0.871 e. The molecule has 6 aromatic rings. The summed E-state index contributed by atoms with van der Waals surface area (Å²) in [6.45, 7) is 0. The third kappa shape index (κ3) is 9.93. The van der Waals surface area contributed by atoms with Gasteiger partial charge >= 0.3 is 71.1 Å². The van der Waals surface area contributed by atoms with Crippen LogP contribution >= 0.6 is 0 Å². The van der Waals surface area contributed by atoms with E-state index in [0.29, 0.717) is 0 Å². The number of hydrogen-bond acceptors (Lipinski definition) is 12. The minimum absolute atomic E-state index is 0. The molecule has 0 saturated heterocycles. The van der Waals surface area contributed by atoms with Crippen molar-refractivity contribution in [1.29, 1.82) is 0 Å². The maximum absolute atomic E-state index is 12.5. The maximum Gasteiger partial charge on any atom is 1.00 e. The monoisotopic (exact) mass is 788 g/mol. The number of carboxylic acids is 2. The fraction of sp³-hybridized carbons (Fsp3) is 0. The van der Waals surface area contributed by atoms with Crippen molar-refractivity contribution in [2.24, 2.45) is 20.5 Å². The molecule has 0 fully saturated rings. The van der Waals surface area contributed by atoms with E-state index >= 15 is 0 Å². The molecule has 0 aliphatic rings. The van der Waals surface area contributed by atoms with Crippen LogP contribution in [-0.4, -0.2) is 48.1 Å². The molecule has 264 valence electrons. The van der Waals surface area contributed by atoms with Crippen LogP contribution in [0.15, 0.2) is 139 Å². The first kappa shape index (κ1) is 43.8. The molecule has 0 saturated carbocycles. The molecule has 4 N–H and O–H groups in total. The zero-order chi connectivity index (χ0) is 37.8. The second-order valence-electron chi connectivity index (χ2n) is 10.5. The van der Waals surface area contributed by atoms with E-state index < -0.39 is 53.5 Å². The summed E-state index contributed by atoms with van der Waals surface area (Å²) < 4.78 is 65.4. The van der Waals surface area contributed by atoms with Gasteiger partial charge in [-0.2, -0.15) is 27.1 Å². The van der Waals surface area contributed by atoms with Crippen LogP contribution in [0, 0.1) is 0 Å². The Morgan fingerprint density at radius 2 is 0.741 bits per heavy atom. The van der Waals surface area contributed by atoms with Crippen LogP contribution in [0.25, 0.3) is 21.5 Å². The van der Waals surface area contributed by atoms with E-state index in [1.807, 2.05) is 0 Å². The molecule has 0 spiro atoms. The zero-order valence-electron chi connectivity index (χ0n) is 28.1. The van der Waals surface area contributed by atoms with E-state index in [2.05, 4.69) is 20.5 Å². The first-order valence-electron chi connectivity index (χ1n) is 14.5. The van der Waals surface area contributed by atoms with Gasteiger partial charge in [-0.3, -0.25) is 9.11 Å². The molecule has 0 amide bonds. The van der Waals surface area contributed by atoms with Crippen molar-refractivity contribution < 1.29 is 115 Å². The number of benzene rings is 6. The largest absolute Gasteiger partial charge is 1.00 e. The smallest absolute Gasteiger partial charge is 0.871 e. The molecule has 54 heavy (non-hydrogen) atoms. The molecular weight excluding hydrogens is 767 g/mol. The van der Waals surface area contributed by atoms with Crippen LogP contribution in [0.1, 0.15) is 20.7 Å². The number of carbonyl (C=O) groups is 2. The topological polar surface area (TPSA) is 279 Å². The van der Waals surface area contributed by atoms with Crippen molar-refractivity contribution >= 4 is 76.5 Å². The fourth-order valence-corrected chi connectivity index (χ4v) is 6.31. The SMILES string of the molecule is O=C(O)c1ccccc1N=Nc1cc(S(=O)(=O)O)c2ccccc2c1[O-].O=C(O)c1ccccc1N=Nc1cc(S(=O)(=O)O)c2ccccc2c1[O-].[Na+].[Na+]. The molecule has 0 heterocycles. The molecule has 0 atom stereocenters. The standard InChI is InChI=1S/2C17H12N2O6S.2Na/c2*20-16-11-6-2-1-5-10(11)15(26(23,24)25)9-14(16)19-18-13-8-4-3-7-12(13)17(21)22;;/h2*1-9,20H,(H,21,22)(H,23,24,25);;/q;;2*+1/p-2. The van der Waals surface area contributed by atoms with Gasteiger partial charge in [-0.05, 0) is 47.2 Å². The summed E-state index contributed by atoms with van der Waals surface area (Å²) >= 11 is 0. The van der Waals surface area contributed by atoms with E-state index in [1.165, 1.54) is 84.9 Å². The van der Waals surface area contributed by atoms with Gasteiger partial charge in [-0.25, -0.2) is 9.59 Å². The van der Waals surface area contributed by atoms with Gasteiger partial charge in [-0.15, -0.1) is 10.2 Å². The van der Waals surface area contributed by atoms with Gasteiger partial charge in [-0.1, -0.05) is 84.3 Å². The first-order chi connectivity index (χ1) is 24.6. The van der Waals surface area contributed by atoms with Crippen molar-refractivity contribution in [1.82, 2.24) is 0 Å². The van der Waals surface area contributed by atoms with Crippen LogP contribution in [0.4, 0.5) is 22.7 Å². The van der Waals surface area contributed by atoms with Crippen LogP contribution in [0.2, 0.25) is 0 Å². The fourth-order valence-electron chi connectivity index (χ4n) is 4.88. The van der Waals surface area contributed by atoms with E-state index in [4.69, 9.17) is 10.2 Å². The molecule has 0 aliphatic heterocycles. The summed E-state index contributed by atoms with van der Waals surface area (Å²) in [5.74, 6) is -3.63. The minimum atomic E-state index is -4.61. The van der Waals surface area contributed by atoms with E-state index in [1.54, 1.807) is 12.1 Å². The molecule has 0 radical (unpaired) electrons. The molecule has 6 rings (SSSR count). The zero-order valence-corrected chi connectivity index (χ0v) is 33.7. The van der Waals surface area contributed by atoms with E-state index in [0.717, 1.165) is 12.1 Å². The van der Waals surface area contributed by atoms with Gasteiger partial charge in [0.05, 0.1) is 22.5 Å². The third-order valence-electron chi connectivity index (χ3n) is 7.23. The molecule has 0 bridgehead atoms. The first-order valence-corrected chi connectivity index (χ1v) is 17.3. The maximum atomic E-state index is 12.5. The summed E-state index contributed by atoms with van der Waals surface area (Å²) in [4.78, 5) is 21.4. The predicted molar refractivity (Wildman–Crippen MR) is 182 cm³/mol. The number of carboxylic acid groups (broad SMARTS) is 2. The molecule has 0 aliphatic carbocycles. The average molecular weight is 789 g/mol. The van der Waals surface area contributed by atoms with E-state index in [9.17, 15) is 45.7 Å². The molecule has 20 heteroatoms. The predicted octanol–water partition coefficient (Wildman–Crippen LogP) is 0.555. The molecule has 6 aromatic carbocycles. The van der Waals surface area contributed by atoms with Gasteiger partial charge in [0.2, 0.25) is 0 Å². The van der Waals surface area contributed by atoms with Crippen LogP contribution in [-0.2, 0) is 20.2 Å². The number of fused-ring (bicyclic) bond motifs is 2. The molecule has 16 nitrogen and oxygen atoms in total. The summed E-state index contributed by atoms with van der Waals surface area (Å²) in [6, 6.07) is 25.1. The van der Waals surface area contributed by atoms with Crippen molar-refractivity contribution in [2.45, 2.75) is 9.79 Å². The second-order valence-corrected chi connectivity index (χ2v) is 13.3. The number of azo groups is 2. The number of aromatic carboxylic acids is 2. The van der Waals surface area contributed by atoms with Crippen molar-refractivity contribution in [3.05, 3.63) is 120 Å². The van der Waals surface area contributed by atoms with Gasteiger partial charge < -0.3 is 20.4 Å². The third-order valence-corrected chi connectivity index (χ3v) is 9.02. The van der Waals surface area contributed by atoms with Crippen molar-refractivity contribution in [3.63, 3.8) is 0 Å². The Bertz CT molecular complexity index is 2510. The van der Waals surface area contributed by atoms with Crippen molar-refractivity contribution in [2.75, 3.05) is 0 Å². The molecular formula is C34H22N4Na2O12S2. The van der Waals surface area contributed by atoms with E-state index in [-0.39, 0.29) is 115 Å². The summed E-state index contributed by atoms with van der Waals surface area (Å²) in [6.07, 6.45) is 0. The number of hydrogen-bond donors (Lipinski definition) is 4. The van der Waals surface area contributed by atoms with Crippen LogP contribution in [0.5, 0.6) is 11.5 Å². The molecule has 0 aromatic heterocycles. The van der Waals surface area contributed by atoms with Gasteiger partial charge in [0.15, 0.2) is 0 Å².